The first-order chi connectivity index (χ1) is 12.0. The second-order valence-electron chi connectivity index (χ2n) is 6.19. The van der Waals surface area contributed by atoms with Crippen LogP contribution in [0.2, 0.25) is 0 Å². The number of imide groups is 1. The second-order valence-corrected chi connectivity index (χ2v) is 6.19. The molecule has 1 aromatic rings. The third-order valence-electron chi connectivity index (χ3n) is 4.29. The number of carbonyl (C=O) groups excluding carboxylic acids is 2. The largest absolute Gasteiger partial charge is 0.370 e. The fourth-order valence-corrected chi connectivity index (χ4v) is 2.54. The van der Waals surface area contributed by atoms with Crippen LogP contribution in [0.15, 0.2) is 29.4 Å². The number of nitrogens with one attached hydrogen (secondary N) is 2. The van der Waals surface area contributed by atoms with E-state index in [-0.39, 0.29) is 35.9 Å². The topological polar surface area (TPSA) is 113 Å². The van der Waals surface area contributed by atoms with Crippen LogP contribution in [0.1, 0.15) is 32.4 Å². The van der Waals surface area contributed by atoms with Crippen molar-refractivity contribution in [2.75, 3.05) is 19.6 Å². The molecule has 1 unspecified atom stereocenters. The highest BCUT2D eigenvalue weighted by Crippen LogP contribution is 2.20. The van der Waals surface area contributed by atoms with E-state index in [9.17, 15) is 9.59 Å². The molecule has 8 nitrogen and oxygen atoms in total. The molecule has 1 aliphatic heterocycles. The Bertz CT molecular complexity index is 639. The summed E-state index contributed by atoms with van der Waals surface area (Å²) in [6.07, 6.45) is 3.65. The van der Waals surface area contributed by atoms with Gasteiger partial charge in [-0.2, -0.15) is 0 Å². The molecule has 2 heterocycles. The molecule has 3 amide bonds. The molecule has 1 fully saturated rings. The second kappa shape index (κ2) is 10.3. The fraction of sp³-hybridized carbons (Fsp3) is 0.529. The van der Waals surface area contributed by atoms with E-state index in [0.717, 1.165) is 12.1 Å². The SMILES string of the molecule is CCC1(C)NC(=O)N(CCCN=C(N)NCCc2ccccn2)C1=O.I. The van der Waals surface area contributed by atoms with Crippen LogP contribution in [-0.2, 0) is 11.2 Å². The number of nitrogens with two attached hydrogens (primary N) is 1. The highest BCUT2D eigenvalue weighted by atomic mass is 127. The quantitative estimate of drug-likeness (QED) is 0.173. The van der Waals surface area contributed by atoms with Crippen LogP contribution in [-0.4, -0.2) is 53.0 Å². The van der Waals surface area contributed by atoms with Crippen molar-refractivity contribution in [3.05, 3.63) is 30.1 Å². The maximum atomic E-state index is 12.2. The van der Waals surface area contributed by atoms with Crippen LogP contribution in [0.3, 0.4) is 0 Å². The van der Waals surface area contributed by atoms with Crippen molar-refractivity contribution in [1.82, 2.24) is 20.5 Å². The highest BCUT2D eigenvalue weighted by Gasteiger charge is 2.45. The van der Waals surface area contributed by atoms with Crippen LogP contribution in [0.25, 0.3) is 0 Å². The van der Waals surface area contributed by atoms with Crippen LogP contribution in [0.4, 0.5) is 4.79 Å². The van der Waals surface area contributed by atoms with Crippen molar-refractivity contribution in [2.45, 2.75) is 38.6 Å². The van der Waals surface area contributed by atoms with E-state index in [1.54, 1.807) is 13.1 Å². The van der Waals surface area contributed by atoms with E-state index in [4.69, 9.17) is 5.73 Å². The maximum Gasteiger partial charge on any atom is 0.325 e. The van der Waals surface area contributed by atoms with Crippen LogP contribution in [0.5, 0.6) is 0 Å². The Kier molecular flexibility index (Phi) is 8.76. The summed E-state index contributed by atoms with van der Waals surface area (Å²) in [6, 6.07) is 5.44. The summed E-state index contributed by atoms with van der Waals surface area (Å²) in [4.78, 5) is 33.8. The monoisotopic (exact) mass is 474 g/mol. The third kappa shape index (κ3) is 5.82. The minimum absolute atomic E-state index is 0. The van der Waals surface area contributed by atoms with E-state index >= 15 is 0 Å². The molecule has 4 N–H and O–H groups in total. The first-order valence-electron chi connectivity index (χ1n) is 8.54. The van der Waals surface area contributed by atoms with Crippen LogP contribution in [0, 0.1) is 0 Å². The molecule has 0 aromatic carbocycles. The van der Waals surface area contributed by atoms with E-state index in [0.29, 0.717) is 38.4 Å². The van der Waals surface area contributed by atoms with Gasteiger partial charge in [-0.3, -0.25) is 19.7 Å². The summed E-state index contributed by atoms with van der Waals surface area (Å²) in [5.41, 5.74) is 6.01. The lowest BCUT2D eigenvalue weighted by molar-refractivity contribution is -0.130. The zero-order valence-electron chi connectivity index (χ0n) is 15.2. The summed E-state index contributed by atoms with van der Waals surface area (Å²) < 4.78 is 0. The van der Waals surface area contributed by atoms with Gasteiger partial charge in [0.05, 0.1) is 0 Å². The number of guanidine groups is 1. The molecule has 0 radical (unpaired) electrons. The molecule has 0 spiro atoms. The Morgan fingerprint density at radius 1 is 1.42 bits per heavy atom. The molecule has 2 rings (SSSR count). The molecule has 0 bridgehead atoms. The third-order valence-corrected chi connectivity index (χ3v) is 4.29. The summed E-state index contributed by atoms with van der Waals surface area (Å²) in [7, 11) is 0. The molecule has 0 saturated carbocycles. The zero-order valence-corrected chi connectivity index (χ0v) is 17.5. The van der Waals surface area contributed by atoms with Gasteiger partial charge in [0.2, 0.25) is 0 Å². The molecule has 1 aromatic heterocycles. The number of halogens is 1. The molecule has 1 saturated heterocycles. The molecular weight excluding hydrogens is 447 g/mol. The number of urea groups is 1. The number of pyridine rings is 1. The van der Waals surface area contributed by atoms with Crippen LogP contribution < -0.4 is 16.4 Å². The fourth-order valence-electron chi connectivity index (χ4n) is 2.54. The predicted octanol–water partition coefficient (Wildman–Crippen LogP) is 1.26. The zero-order chi connectivity index (χ0) is 18.3. The van der Waals surface area contributed by atoms with Gasteiger partial charge < -0.3 is 16.4 Å². The number of hydrogen-bond acceptors (Lipinski definition) is 4. The van der Waals surface area contributed by atoms with Crippen molar-refractivity contribution in [3.8, 4) is 0 Å². The van der Waals surface area contributed by atoms with Crippen molar-refractivity contribution >= 4 is 41.9 Å². The Morgan fingerprint density at radius 3 is 2.81 bits per heavy atom. The van der Waals surface area contributed by atoms with Gasteiger partial charge in [0.1, 0.15) is 5.54 Å². The van der Waals surface area contributed by atoms with Gasteiger partial charge in [0.15, 0.2) is 5.96 Å². The molecule has 1 aliphatic rings. The molecule has 144 valence electrons. The van der Waals surface area contributed by atoms with Gasteiger partial charge in [-0.1, -0.05) is 13.0 Å². The summed E-state index contributed by atoms with van der Waals surface area (Å²) in [5, 5.41) is 5.76. The van der Waals surface area contributed by atoms with Crippen molar-refractivity contribution in [2.24, 2.45) is 10.7 Å². The van der Waals surface area contributed by atoms with Gasteiger partial charge in [-0.25, -0.2) is 4.79 Å². The molecular formula is C17H27IN6O2. The van der Waals surface area contributed by atoms with Gasteiger partial charge in [0.25, 0.3) is 5.91 Å². The smallest absolute Gasteiger partial charge is 0.325 e. The Morgan fingerprint density at radius 2 is 2.19 bits per heavy atom. The highest BCUT2D eigenvalue weighted by molar-refractivity contribution is 14.0. The standard InChI is InChI=1S/C17H26N6O2.HI/c1-3-17(2)14(24)23(16(25)22-17)12-6-10-20-15(18)21-11-8-13-7-4-5-9-19-13;/h4-5,7,9H,3,6,8,10-12H2,1-2H3,(H,22,25)(H3,18,20,21);1H. The normalized spacial score (nSPS) is 19.9. The lowest BCUT2D eigenvalue weighted by atomic mass is 9.99. The van der Waals surface area contributed by atoms with Crippen molar-refractivity contribution < 1.29 is 9.59 Å². The van der Waals surface area contributed by atoms with E-state index in [2.05, 4.69) is 20.6 Å². The lowest BCUT2D eigenvalue weighted by Crippen LogP contribution is -2.43. The molecule has 26 heavy (non-hydrogen) atoms. The minimum atomic E-state index is -0.785. The summed E-state index contributed by atoms with van der Waals surface area (Å²) in [6.45, 7) is 5.06. The Balaban J connectivity index is 0.00000338. The first kappa shape index (κ1) is 22.1. The summed E-state index contributed by atoms with van der Waals surface area (Å²) >= 11 is 0. The average Bonchev–Trinajstić information content (AvgIpc) is 2.83. The number of rotatable bonds is 8. The molecule has 0 aliphatic carbocycles. The van der Waals surface area contributed by atoms with E-state index in [1.165, 1.54) is 4.90 Å². The molecule has 1 atom stereocenters. The number of aromatic nitrogens is 1. The predicted molar refractivity (Wildman–Crippen MR) is 111 cm³/mol. The number of aliphatic imine (C=N–C) groups is 1. The van der Waals surface area contributed by atoms with Crippen molar-refractivity contribution in [3.63, 3.8) is 0 Å². The van der Waals surface area contributed by atoms with Gasteiger partial charge >= 0.3 is 6.03 Å². The van der Waals surface area contributed by atoms with Gasteiger partial charge in [-0.15, -0.1) is 24.0 Å². The van der Waals surface area contributed by atoms with Crippen molar-refractivity contribution in [1.29, 1.82) is 0 Å². The number of nitrogens with zero attached hydrogens (tertiary/aromatic N) is 3. The Labute approximate surface area is 171 Å². The minimum Gasteiger partial charge on any atom is -0.370 e. The lowest BCUT2D eigenvalue weighted by Gasteiger charge is -2.19. The van der Waals surface area contributed by atoms with E-state index < -0.39 is 5.54 Å². The Hall–Kier alpha value is -1.91. The number of carbonyl (C=O) groups is 2. The number of amides is 3. The average molecular weight is 474 g/mol. The van der Waals surface area contributed by atoms with Crippen LogP contribution >= 0.6 is 24.0 Å². The summed E-state index contributed by atoms with van der Waals surface area (Å²) in [5.74, 6) is 0.178. The maximum absolute atomic E-state index is 12.2. The molecule has 9 heteroatoms. The first-order valence-corrected chi connectivity index (χ1v) is 8.54. The number of hydrogen-bond donors (Lipinski definition) is 3. The van der Waals surface area contributed by atoms with Gasteiger partial charge in [0, 0.05) is 37.9 Å². The van der Waals surface area contributed by atoms with E-state index in [1.807, 2.05) is 25.1 Å². The van der Waals surface area contributed by atoms with Gasteiger partial charge in [-0.05, 0) is 31.9 Å².